The predicted octanol–water partition coefficient (Wildman–Crippen LogP) is -0.674. The van der Waals surface area contributed by atoms with Crippen molar-refractivity contribution in [1.29, 1.82) is 0 Å². The monoisotopic (exact) mass is 239 g/mol. The van der Waals surface area contributed by atoms with Gasteiger partial charge in [0.15, 0.2) is 6.04 Å². The van der Waals surface area contributed by atoms with Gasteiger partial charge in [-0.15, -0.1) is 0 Å². The number of amides is 2. The summed E-state index contributed by atoms with van der Waals surface area (Å²) < 4.78 is 0. The molecule has 7 heteroatoms. The Kier molecular flexibility index (Phi) is 4.89. The Morgan fingerprint density at radius 2 is 2.18 bits per heavy atom. The van der Waals surface area contributed by atoms with Crippen LogP contribution in [0.15, 0.2) is 24.4 Å². The number of pyridine rings is 1. The van der Waals surface area contributed by atoms with Crippen LogP contribution in [0.5, 0.6) is 0 Å². The number of aliphatic hydroxyl groups excluding tert-OH is 1. The Labute approximate surface area is 97.5 Å². The molecule has 0 bridgehead atoms. The number of aliphatic carboxylic acids is 1. The molecule has 0 aliphatic carbocycles. The van der Waals surface area contributed by atoms with Gasteiger partial charge < -0.3 is 20.8 Å². The summed E-state index contributed by atoms with van der Waals surface area (Å²) >= 11 is 0. The van der Waals surface area contributed by atoms with E-state index in [1.807, 2.05) is 0 Å². The molecule has 0 fully saturated rings. The van der Waals surface area contributed by atoms with Crippen molar-refractivity contribution in [2.24, 2.45) is 0 Å². The highest BCUT2D eigenvalue weighted by Crippen LogP contribution is 1.92. The van der Waals surface area contributed by atoms with Crippen molar-refractivity contribution >= 4 is 12.0 Å². The van der Waals surface area contributed by atoms with Crippen molar-refractivity contribution in [3.8, 4) is 0 Å². The molecule has 1 aromatic rings. The molecule has 0 aliphatic heterocycles. The summed E-state index contributed by atoms with van der Waals surface area (Å²) in [7, 11) is 0. The van der Waals surface area contributed by atoms with E-state index in [1.165, 1.54) is 0 Å². The van der Waals surface area contributed by atoms with E-state index in [1.54, 1.807) is 24.4 Å². The number of rotatable bonds is 5. The number of carboxylic acids is 1. The number of carboxylic acid groups (broad SMARTS) is 1. The molecule has 1 atom stereocenters. The van der Waals surface area contributed by atoms with Gasteiger partial charge in [-0.1, -0.05) is 6.07 Å². The zero-order chi connectivity index (χ0) is 12.7. The van der Waals surface area contributed by atoms with E-state index in [0.29, 0.717) is 5.69 Å². The molecule has 92 valence electrons. The molecular weight excluding hydrogens is 226 g/mol. The third-order valence-corrected chi connectivity index (χ3v) is 1.94. The fourth-order valence-corrected chi connectivity index (χ4v) is 1.07. The van der Waals surface area contributed by atoms with Crippen LogP contribution in [-0.4, -0.2) is 39.8 Å². The maximum Gasteiger partial charge on any atom is 0.328 e. The lowest BCUT2D eigenvalue weighted by Gasteiger charge is -2.12. The van der Waals surface area contributed by atoms with Crippen LogP contribution in [0.1, 0.15) is 5.69 Å². The first-order valence-electron chi connectivity index (χ1n) is 4.91. The van der Waals surface area contributed by atoms with Crippen LogP contribution in [0.2, 0.25) is 0 Å². The SMILES string of the molecule is O=C(NCc1ccccn1)NC(CO)C(=O)O. The van der Waals surface area contributed by atoms with Gasteiger partial charge in [-0.2, -0.15) is 0 Å². The maximum absolute atomic E-state index is 11.3. The topological polar surface area (TPSA) is 112 Å². The highest BCUT2D eigenvalue weighted by molar-refractivity contribution is 5.82. The molecule has 0 saturated carbocycles. The third kappa shape index (κ3) is 4.47. The Balaban J connectivity index is 2.37. The Bertz CT molecular complexity index is 382. The lowest BCUT2D eigenvalue weighted by Crippen LogP contribution is -2.47. The van der Waals surface area contributed by atoms with E-state index in [9.17, 15) is 9.59 Å². The van der Waals surface area contributed by atoms with Crippen molar-refractivity contribution in [2.75, 3.05) is 6.61 Å². The second kappa shape index (κ2) is 6.44. The first-order chi connectivity index (χ1) is 8.13. The van der Waals surface area contributed by atoms with E-state index in [0.717, 1.165) is 0 Å². The van der Waals surface area contributed by atoms with Gasteiger partial charge in [0.25, 0.3) is 0 Å². The third-order valence-electron chi connectivity index (χ3n) is 1.94. The number of hydrogen-bond acceptors (Lipinski definition) is 4. The molecule has 0 radical (unpaired) electrons. The molecule has 0 spiro atoms. The summed E-state index contributed by atoms with van der Waals surface area (Å²) in [6.07, 6.45) is 1.59. The zero-order valence-electron chi connectivity index (χ0n) is 8.96. The number of carbonyl (C=O) groups is 2. The number of aliphatic hydroxyl groups is 1. The Hall–Kier alpha value is -2.15. The van der Waals surface area contributed by atoms with Crippen LogP contribution < -0.4 is 10.6 Å². The van der Waals surface area contributed by atoms with E-state index >= 15 is 0 Å². The van der Waals surface area contributed by atoms with Crippen LogP contribution in [0.4, 0.5) is 4.79 Å². The lowest BCUT2D eigenvalue weighted by atomic mass is 10.3. The normalized spacial score (nSPS) is 11.6. The summed E-state index contributed by atoms with van der Waals surface area (Å²) in [4.78, 5) is 25.8. The summed E-state index contributed by atoms with van der Waals surface area (Å²) in [5.74, 6) is -1.29. The summed E-state index contributed by atoms with van der Waals surface area (Å²) in [6.45, 7) is -0.475. The number of hydrogen-bond donors (Lipinski definition) is 4. The molecule has 0 aliphatic rings. The zero-order valence-corrected chi connectivity index (χ0v) is 8.96. The average Bonchev–Trinajstić information content (AvgIpc) is 2.34. The highest BCUT2D eigenvalue weighted by Gasteiger charge is 2.18. The van der Waals surface area contributed by atoms with Gasteiger partial charge in [0.2, 0.25) is 0 Å². The van der Waals surface area contributed by atoms with Gasteiger partial charge in [-0.3, -0.25) is 4.98 Å². The van der Waals surface area contributed by atoms with Crippen molar-refractivity contribution < 1.29 is 19.8 Å². The van der Waals surface area contributed by atoms with Gasteiger partial charge in [0.05, 0.1) is 18.8 Å². The number of urea groups is 1. The summed E-state index contributed by atoms with van der Waals surface area (Å²) in [6, 6.07) is 3.27. The Morgan fingerprint density at radius 1 is 1.41 bits per heavy atom. The molecule has 1 unspecified atom stereocenters. The molecule has 7 nitrogen and oxygen atoms in total. The molecule has 1 aromatic heterocycles. The smallest absolute Gasteiger partial charge is 0.328 e. The summed E-state index contributed by atoms with van der Waals surface area (Å²) in [5, 5.41) is 21.8. The van der Waals surface area contributed by atoms with Crippen LogP contribution in [-0.2, 0) is 11.3 Å². The minimum Gasteiger partial charge on any atom is -0.480 e. The molecule has 17 heavy (non-hydrogen) atoms. The van der Waals surface area contributed by atoms with Crippen LogP contribution in [0.25, 0.3) is 0 Å². The minimum absolute atomic E-state index is 0.185. The first-order valence-corrected chi connectivity index (χ1v) is 4.91. The lowest BCUT2D eigenvalue weighted by molar-refractivity contribution is -0.140. The second-order valence-corrected chi connectivity index (χ2v) is 3.22. The van der Waals surface area contributed by atoms with Crippen LogP contribution >= 0.6 is 0 Å². The largest absolute Gasteiger partial charge is 0.480 e. The summed E-state index contributed by atoms with van der Waals surface area (Å²) in [5.41, 5.74) is 0.651. The van der Waals surface area contributed by atoms with Gasteiger partial charge in [-0.05, 0) is 12.1 Å². The van der Waals surface area contributed by atoms with E-state index < -0.39 is 24.6 Å². The molecule has 0 saturated heterocycles. The average molecular weight is 239 g/mol. The molecular formula is C10H13N3O4. The number of nitrogens with zero attached hydrogens (tertiary/aromatic N) is 1. The van der Waals surface area contributed by atoms with E-state index in [2.05, 4.69) is 15.6 Å². The van der Waals surface area contributed by atoms with Gasteiger partial charge >= 0.3 is 12.0 Å². The van der Waals surface area contributed by atoms with E-state index in [-0.39, 0.29) is 6.54 Å². The van der Waals surface area contributed by atoms with E-state index in [4.69, 9.17) is 10.2 Å². The Morgan fingerprint density at radius 3 is 2.71 bits per heavy atom. The van der Waals surface area contributed by atoms with Gasteiger partial charge in [0, 0.05) is 6.20 Å². The number of nitrogens with one attached hydrogen (secondary N) is 2. The molecule has 4 N–H and O–H groups in total. The fourth-order valence-electron chi connectivity index (χ4n) is 1.07. The fraction of sp³-hybridized carbons (Fsp3) is 0.300. The quantitative estimate of drug-likeness (QED) is 0.544. The number of carbonyl (C=O) groups excluding carboxylic acids is 1. The number of aromatic nitrogens is 1. The maximum atomic E-state index is 11.3. The minimum atomic E-state index is -1.31. The van der Waals surface area contributed by atoms with Gasteiger partial charge in [0.1, 0.15) is 0 Å². The van der Waals surface area contributed by atoms with Crippen molar-refractivity contribution in [3.05, 3.63) is 30.1 Å². The standard InChI is InChI=1S/C10H13N3O4/c14-6-8(9(15)16)13-10(17)12-5-7-3-1-2-4-11-7/h1-4,8,14H,5-6H2,(H,15,16)(H2,12,13,17). The predicted molar refractivity (Wildman–Crippen MR) is 58.1 cm³/mol. The van der Waals surface area contributed by atoms with Gasteiger partial charge in [-0.25, -0.2) is 9.59 Å². The molecule has 2 amide bonds. The molecule has 1 rings (SSSR count). The molecule has 0 aromatic carbocycles. The first kappa shape index (κ1) is 12.9. The van der Waals surface area contributed by atoms with Crippen LogP contribution in [0.3, 0.4) is 0 Å². The molecule has 1 heterocycles. The van der Waals surface area contributed by atoms with Crippen molar-refractivity contribution in [3.63, 3.8) is 0 Å². The van der Waals surface area contributed by atoms with Crippen LogP contribution in [0, 0.1) is 0 Å². The second-order valence-electron chi connectivity index (χ2n) is 3.22. The van der Waals surface area contributed by atoms with Crippen molar-refractivity contribution in [2.45, 2.75) is 12.6 Å². The van der Waals surface area contributed by atoms with Crippen molar-refractivity contribution in [1.82, 2.24) is 15.6 Å². The highest BCUT2D eigenvalue weighted by atomic mass is 16.4.